The van der Waals surface area contributed by atoms with Gasteiger partial charge < -0.3 is 4.74 Å². The van der Waals surface area contributed by atoms with Crippen LogP contribution in [0.4, 0.5) is 5.69 Å². The van der Waals surface area contributed by atoms with Crippen LogP contribution in [0, 0.1) is 10.1 Å². The highest BCUT2D eigenvalue weighted by atomic mass is 32.2. The van der Waals surface area contributed by atoms with E-state index >= 15 is 0 Å². The minimum atomic E-state index is -4.06. The van der Waals surface area contributed by atoms with E-state index in [4.69, 9.17) is 4.74 Å². The van der Waals surface area contributed by atoms with Gasteiger partial charge in [-0.05, 0) is 12.5 Å². The summed E-state index contributed by atoms with van der Waals surface area (Å²) >= 11 is 0. The summed E-state index contributed by atoms with van der Waals surface area (Å²) < 4.78 is 32.3. The largest absolute Gasteiger partial charge is 0.465 e. The van der Waals surface area contributed by atoms with Crippen molar-refractivity contribution in [2.45, 2.75) is 18.7 Å². The Morgan fingerprint density at radius 1 is 1.15 bits per heavy atom. The van der Waals surface area contributed by atoms with E-state index in [-0.39, 0.29) is 17.9 Å². The first kappa shape index (κ1) is 19.5. The second-order valence-corrected chi connectivity index (χ2v) is 7.11. The minimum Gasteiger partial charge on any atom is -0.465 e. The molecule has 8 nitrogen and oxygen atoms in total. The fraction of sp³-hybridized carbons (Fsp3) is 0.235. The molecular formula is C17H18N2O6S. The zero-order valence-corrected chi connectivity index (χ0v) is 14.8. The maximum Gasteiger partial charge on any atom is 0.328 e. The Bertz CT molecular complexity index is 883. The Morgan fingerprint density at radius 3 is 2.38 bits per heavy atom. The Hall–Kier alpha value is -2.78. The molecule has 0 radical (unpaired) electrons. The van der Waals surface area contributed by atoms with Gasteiger partial charge in [-0.3, -0.25) is 10.1 Å². The third-order valence-corrected chi connectivity index (χ3v) is 4.77. The molecule has 26 heavy (non-hydrogen) atoms. The molecule has 0 saturated carbocycles. The van der Waals surface area contributed by atoms with Gasteiger partial charge in [0.1, 0.15) is 6.04 Å². The van der Waals surface area contributed by atoms with Gasteiger partial charge in [-0.1, -0.05) is 48.5 Å². The van der Waals surface area contributed by atoms with Gasteiger partial charge in [0.25, 0.3) is 5.69 Å². The Balaban J connectivity index is 2.29. The van der Waals surface area contributed by atoms with Crippen LogP contribution in [0.15, 0.2) is 54.6 Å². The number of nitro benzene ring substituents is 1. The normalized spacial score (nSPS) is 12.3. The molecule has 0 spiro atoms. The smallest absolute Gasteiger partial charge is 0.328 e. The summed E-state index contributed by atoms with van der Waals surface area (Å²) in [5.41, 5.74) is 0.142. The van der Waals surface area contributed by atoms with Crippen LogP contribution in [0.25, 0.3) is 0 Å². The van der Waals surface area contributed by atoms with Crippen molar-refractivity contribution >= 4 is 21.7 Å². The number of esters is 1. The van der Waals surface area contributed by atoms with Crippen LogP contribution < -0.4 is 4.72 Å². The molecule has 0 saturated heterocycles. The molecule has 0 aliphatic carbocycles. The summed E-state index contributed by atoms with van der Waals surface area (Å²) in [6.45, 7) is 1.70. The van der Waals surface area contributed by atoms with Gasteiger partial charge in [0.05, 0.1) is 17.3 Å². The molecule has 0 aliphatic rings. The molecule has 0 unspecified atom stereocenters. The van der Waals surface area contributed by atoms with Crippen molar-refractivity contribution < 1.29 is 22.9 Å². The fourth-order valence-corrected chi connectivity index (χ4v) is 3.69. The van der Waals surface area contributed by atoms with E-state index < -0.39 is 32.7 Å². The van der Waals surface area contributed by atoms with E-state index in [9.17, 15) is 23.3 Å². The maximum absolute atomic E-state index is 12.5. The summed E-state index contributed by atoms with van der Waals surface area (Å²) in [6.07, 6.45) is 0. The van der Waals surface area contributed by atoms with Gasteiger partial charge in [-0.25, -0.2) is 13.2 Å². The maximum atomic E-state index is 12.5. The predicted octanol–water partition coefficient (Wildman–Crippen LogP) is 2.32. The average Bonchev–Trinajstić information content (AvgIpc) is 2.60. The first-order chi connectivity index (χ1) is 12.3. The second kappa shape index (κ2) is 8.54. The van der Waals surface area contributed by atoms with E-state index in [2.05, 4.69) is 4.72 Å². The number of nitro groups is 1. The lowest BCUT2D eigenvalue weighted by molar-refractivity contribution is -0.385. The SMILES string of the molecule is CCOC(=O)[C@H](NS(=O)(=O)Cc1ccccc1[N+](=O)[O-])c1ccccc1. The third kappa shape index (κ3) is 5.11. The van der Waals surface area contributed by atoms with Crippen molar-refractivity contribution in [3.63, 3.8) is 0 Å². The number of benzene rings is 2. The van der Waals surface area contributed by atoms with E-state index in [1.54, 1.807) is 37.3 Å². The molecule has 0 heterocycles. The summed E-state index contributed by atoms with van der Waals surface area (Å²) in [4.78, 5) is 22.6. The summed E-state index contributed by atoms with van der Waals surface area (Å²) in [6, 6.07) is 12.6. The highest BCUT2D eigenvalue weighted by Gasteiger charge is 2.29. The molecule has 1 atom stereocenters. The minimum absolute atomic E-state index is 0.0284. The van der Waals surface area contributed by atoms with Crippen LogP contribution in [0.5, 0.6) is 0 Å². The lowest BCUT2D eigenvalue weighted by Crippen LogP contribution is -2.35. The van der Waals surface area contributed by atoms with E-state index in [1.807, 2.05) is 0 Å². The van der Waals surface area contributed by atoms with Gasteiger partial charge in [-0.15, -0.1) is 0 Å². The standard InChI is InChI=1S/C17H18N2O6S/c1-2-25-17(20)16(13-8-4-3-5-9-13)18-26(23,24)12-14-10-6-7-11-15(14)19(21)22/h3-11,16,18H,2,12H2,1H3/t16-/m1/s1. The molecule has 1 N–H and O–H groups in total. The first-order valence-corrected chi connectivity index (χ1v) is 9.43. The molecular weight excluding hydrogens is 360 g/mol. The quantitative estimate of drug-likeness (QED) is 0.428. The van der Waals surface area contributed by atoms with Gasteiger partial charge >= 0.3 is 5.97 Å². The summed E-state index contributed by atoms with van der Waals surface area (Å²) in [7, 11) is -4.06. The van der Waals surface area contributed by atoms with Crippen LogP contribution in [0.1, 0.15) is 24.1 Å². The first-order valence-electron chi connectivity index (χ1n) is 7.78. The van der Waals surface area contributed by atoms with E-state index in [1.165, 1.54) is 24.3 Å². The number of carbonyl (C=O) groups excluding carboxylic acids is 1. The zero-order chi connectivity index (χ0) is 19.2. The van der Waals surface area contributed by atoms with Crippen LogP contribution in [-0.2, 0) is 25.3 Å². The lowest BCUT2D eigenvalue weighted by Gasteiger charge is -2.17. The van der Waals surface area contributed by atoms with E-state index in [0.717, 1.165) is 0 Å². The molecule has 0 fully saturated rings. The Morgan fingerprint density at radius 2 is 1.77 bits per heavy atom. The Labute approximate surface area is 151 Å². The van der Waals surface area contributed by atoms with Gasteiger partial charge in [0, 0.05) is 11.6 Å². The van der Waals surface area contributed by atoms with E-state index in [0.29, 0.717) is 5.56 Å². The number of nitrogens with zero attached hydrogens (tertiary/aromatic N) is 1. The number of hydrogen-bond acceptors (Lipinski definition) is 6. The monoisotopic (exact) mass is 378 g/mol. The van der Waals surface area contributed by atoms with Gasteiger partial charge in [0.2, 0.25) is 10.0 Å². The average molecular weight is 378 g/mol. The Kier molecular flexibility index (Phi) is 6.42. The molecule has 0 amide bonds. The van der Waals surface area contributed by atoms with Crippen LogP contribution in [0.2, 0.25) is 0 Å². The highest BCUT2D eigenvalue weighted by molar-refractivity contribution is 7.88. The van der Waals surface area contributed by atoms with Gasteiger partial charge in [-0.2, -0.15) is 4.72 Å². The summed E-state index contributed by atoms with van der Waals surface area (Å²) in [5, 5.41) is 11.1. The third-order valence-electron chi connectivity index (χ3n) is 3.49. The second-order valence-electron chi connectivity index (χ2n) is 5.36. The topological polar surface area (TPSA) is 116 Å². The number of sulfonamides is 1. The number of nitrogens with one attached hydrogen (secondary N) is 1. The van der Waals surface area contributed by atoms with Crippen molar-refractivity contribution in [1.29, 1.82) is 0 Å². The molecule has 9 heteroatoms. The molecule has 2 aromatic carbocycles. The van der Waals surface area contributed by atoms with Crippen LogP contribution >= 0.6 is 0 Å². The van der Waals surface area contributed by atoms with Crippen molar-refractivity contribution in [3.05, 3.63) is 75.8 Å². The van der Waals surface area contributed by atoms with Crippen molar-refractivity contribution in [2.75, 3.05) is 6.61 Å². The van der Waals surface area contributed by atoms with Crippen LogP contribution in [0.3, 0.4) is 0 Å². The van der Waals surface area contributed by atoms with Crippen molar-refractivity contribution in [1.82, 2.24) is 4.72 Å². The highest BCUT2D eigenvalue weighted by Crippen LogP contribution is 2.22. The summed E-state index contributed by atoms with van der Waals surface area (Å²) in [5.74, 6) is -1.38. The number of para-hydroxylation sites is 1. The lowest BCUT2D eigenvalue weighted by atomic mass is 10.1. The number of carbonyl (C=O) groups is 1. The van der Waals surface area contributed by atoms with Crippen LogP contribution in [-0.4, -0.2) is 25.9 Å². The van der Waals surface area contributed by atoms with Crippen molar-refractivity contribution in [3.8, 4) is 0 Å². The number of rotatable bonds is 8. The number of ether oxygens (including phenoxy) is 1. The number of hydrogen-bond donors (Lipinski definition) is 1. The molecule has 0 aliphatic heterocycles. The molecule has 2 aromatic rings. The zero-order valence-electron chi connectivity index (χ0n) is 14.0. The van der Waals surface area contributed by atoms with Crippen molar-refractivity contribution in [2.24, 2.45) is 0 Å². The molecule has 2 rings (SSSR count). The molecule has 0 bridgehead atoms. The predicted molar refractivity (Wildman–Crippen MR) is 94.7 cm³/mol. The molecule has 138 valence electrons. The fourth-order valence-electron chi connectivity index (χ4n) is 2.36. The molecule has 0 aromatic heterocycles. The van der Waals surface area contributed by atoms with Gasteiger partial charge in [0.15, 0.2) is 0 Å².